The van der Waals surface area contributed by atoms with E-state index in [9.17, 15) is 4.79 Å². The maximum Gasteiger partial charge on any atom is 0.243 e. The predicted molar refractivity (Wildman–Crippen MR) is 95.5 cm³/mol. The second-order valence-electron chi connectivity index (χ2n) is 5.35. The zero-order chi connectivity index (χ0) is 18.1. The van der Waals surface area contributed by atoms with Crippen molar-refractivity contribution in [2.24, 2.45) is 0 Å². The topological polar surface area (TPSA) is 80.3 Å². The van der Waals surface area contributed by atoms with Gasteiger partial charge in [-0.2, -0.15) is 4.28 Å². The number of benzene rings is 1. The van der Waals surface area contributed by atoms with Gasteiger partial charge in [-0.25, -0.2) is 5.48 Å². The molecule has 1 aromatic carbocycles. The summed E-state index contributed by atoms with van der Waals surface area (Å²) in [6, 6.07) is 5.35. The molecule has 2 N–H and O–H groups in total. The van der Waals surface area contributed by atoms with Gasteiger partial charge in [0.1, 0.15) is 5.75 Å². The Morgan fingerprint density at radius 3 is 2.96 bits per heavy atom. The quantitative estimate of drug-likeness (QED) is 0.287. The van der Waals surface area contributed by atoms with Crippen LogP contribution in [0.3, 0.4) is 0 Å². The number of nitrogens with zero attached hydrogens (tertiary/aromatic N) is 1. The van der Waals surface area contributed by atoms with Gasteiger partial charge in [0.25, 0.3) is 0 Å². The molecule has 1 aliphatic rings. The van der Waals surface area contributed by atoms with Crippen LogP contribution in [0.25, 0.3) is 6.08 Å². The summed E-state index contributed by atoms with van der Waals surface area (Å²) >= 11 is 7.14. The molecule has 1 fully saturated rings. The molecular formula is C16H21ClN2O5S. The van der Waals surface area contributed by atoms with Gasteiger partial charge < -0.3 is 9.57 Å². The van der Waals surface area contributed by atoms with E-state index in [2.05, 4.69) is 0 Å². The highest BCUT2D eigenvalue weighted by molar-refractivity contribution is 7.98. The number of carbonyl (C=O) groups is 1. The third-order valence-corrected chi connectivity index (χ3v) is 4.31. The van der Waals surface area contributed by atoms with E-state index in [-0.39, 0.29) is 5.91 Å². The van der Waals surface area contributed by atoms with Crippen molar-refractivity contribution in [3.63, 3.8) is 0 Å². The van der Waals surface area contributed by atoms with Crippen molar-refractivity contribution in [1.82, 2.24) is 10.7 Å². The van der Waals surface area contributed by atoms with E-state index in [1.165, 1.54) is 5.23 Å². The molecule has 25 heavy (non-hydrogen) atoms. The van der Waals surface area contributed by atoms with Gasteiger partial charge >= 0.3 is 0 Å². The summed E-state index contributed by atoms with van der Waals surface area (Å²) in [4.78, 5) is 16.5. The first-order valence-corrected chi connectivity index (χ1v) is 9.02. The number of nitrogens with one attached hydrogen (secondary N) is 1. The molecule has 1 saturated heterocycles. The van der Waals surface area contributed by atoms with Crippen molar-refractivity contribution in [3.8, 4) is 5.75 Å². The zero-order valence-corrected chi connectivity index (χ0v) is 15.4. The van der Waals surface area contributed by atoms with Gasteiger partial charge in [0.15, 0.2) is 0 Å². The molecule has 1 amide bonds. The van der Waals surface area contributed by atoms with Crippen LogP contribution in [-0.2, 0) is 13.9 Å². The maximum absolute atomic E-state index is 10.9. The zero-order valence-electron chi connectivity index (χ0n) is 13.9. The van der Waals surface area contributed by atoms with Crippen molar-refractivity contribution in [2.75, 3.05) is 13.7 Å². The van der Waals surface area contributed by atoms with Crippen molar-refractivity contribution in [3.05, 3.63) is 33.9 Å². The number of rotatable bonds is 9. The Morgan fingerprint density at radius 1 is 1.40 bits per heavy atom. The third kappa shape index (κ3) is 6.75. The number of ether oxygens (including phenoxy) is 1. The summed E-state index contributed by atoms with van der Waals surface area (Å²) in [5.74, 6) is 0.347. The van der Waals surface area contributed by atoms with Crippen LogP contribution in [0.15, 0.2) is 23.3 Å². The fraction of sp³-hybridized carbons (Fsp3) is 0.438. The molecule has 0 unspecified atom stereocenters. The first-order chi connectivity index (χ1) is 12.1. The summed E-state index contributed by atoms with van der Waals surface area (Å²) in [5, 5.41) is 11.0. The highest BCUT2D eigenvalue weighted by Crippen LogP contribution is 2.34. The SMILES string of the molecule is COc1ccc(Cl)cc1/C=C1/ON(CCCCCCC(=O)NO)OS1. The monoisotopic (exact) mass is 388 g/mol. The molecule has 0 aliphatic carbocycles. The Labute approximate surface area is 155 Å². The van der Waals surface area contributed by atoms with Crippen LogP contribution in [0.4, 0.5) is 0 Å². The van der Waals surface area contributed by atoms with E-state index >= 15 is 0 Å². The van der Waals surface area contributed by atoms with Crippen LogP contribution >= 0.6 is 23.6 Å². The minimum atomic E-state index is -0.353. The lowest BCUT2D eigenvalue weighted by atomic mass is 10.1. The molecular weight excluding hydrogens is 368 g/mol. The Balaban J connectivity index is 1.73. The summed E-state index contributed by atoms with van der Waals surface area (Å²) < 4.78 is 10.7. The number of hydrogen-bond acceptors (Lipinski definition) is 7. The summed E-state index contributed by atoms with van der Waals surface area (Å²) in [5.41, 5.74) is 2.43. The highest BCUT2D eigenvalue weighted by atomic mass is 35.5. The van der Waals surface area contributed by atoms with Crippen molar-refractivity contribution >= 4 is 35.6 Å². The standard InChI is InChI=1S/C16H21ClN2O5S/c1-22-14-8-7-13(17)10-12(14)11-16-23-19(24-25-16)9-5-3-2-4-6-15(20)18-21/h7-8,10-11,21H,2-6,9H2,1H3,(H,18,20)/b16-11-. The van der Waals surface area contributed by atoms with Crippen LogP contribution in [0.5, 0.6) is 5.75 Å². The Hall–Kier alpha value is -1.45. The predicted octanol–water partition coefficient (Wildman–Crippen LogP) is 3.93. The normalized spacial score (nSPS) is 16.0. The molecule has 0 bridgehead atoms. The van der Waals surface area contributed by atoms with Crippen LogP contribution in [0, 0.1) is 0 Å². The van der Waals surface area contributed by atoms with E-state index in [4.69, 9.17) is 30.7 Å². The Kier molecular flexibility index (Phi) is 8.36. The minimum absolute atomic E-state index is 0.331. The van der Waals surface area contributed by atoms with Gasteiger partial charge in [-0.05, 0) is 36.3 Å². The second-order valence-corrected chi connectivity index (χ2v) is 6.51. The molecule has 1 heterocycles. The van der Waals surface area contributed by atoms with Crippen LogP contribution in [-0.4, -0.2) is 30.0 Å². The van der Waals surface area contributed by atoms with Crippen molar-refractivity contribution in [2.45, 2.75) is 32.1 Å². The van der Waals surface area contributed by atoms with Gasteiger partial charge in [-0.1, -0.05) is 24.4 Å². The van der Waals surface area contributed by atoms with E-state index in [0.29, 0.717) is 28.8 Å². The van der Waals surface area contributed by atoms with Crippen LogP contribution in [0.2, 0.25) is 5.02 Å². The molecule has 7 nitrogen and oxygen atoms in total. The summed E-state index contributed by atoms with van der Waals surface area (Å²) in [6.45, 7) is 0.614. The molecule has 1 aliphatic heterocycles. The average Bonchev–Trinajstić information content (AvgIpc) is 3.05. The van der Waals surface area contributed by atoms with E-state index < -0.39 is 0 Å². The summed E-state index contributed by atoms with van der Waals surface area (Å²) in [7, 11) is 1.60. The number of hydroxylamine groups is 3. The van der Waals surface area contributed by atoms with Gasteiger partial charge in [0.05, 0.1) is 25.7 Å². The number of methoxy groups -OCH3 is 1. The molecule has 9 heteroatoms. The van der Waals surface area contributed by atoms with Crippen molar-refractivity contribution in [1.29, 1.82) is 0 Å². The van der Waals surface area contributed by atoms with Gasteiger partial charge in [0.2, 0.25) is 11.0 Å². The number of carbonyl (C=O) groups excluding carboxylic acids is 1. The van der Waals surface area contributed by atoms with Crippen LogP contribution < -0.4 is 10.2 Å². The fourth-order valence-electron chi connectivity index (χ4n) is 2.22. The number of unbranched alkanes of at least 4 members (excludes halogenated alkanes) is 3. The molecule has 0 radical (unpaired) electrons. The van der Waals surface area contributed by atoms with E-state index in [1.54, 1.807) is 30.8 Å². The molecule has 0 spiro atoms. The minimum Gasteiger partial charge on any atom is -0.496 e. The van der Waals surface area contributed by atoms with E-state index in [1.807, 2.05) is 6.08 Å². The first-order valence-electron chi connectivity index (χ1n) is 7.90. The average molecular weight is 389 g/mol. The van der Waals surface area contributed by atoms with Gasteiger partial charge in [-0.3, -0.25) is 10.0 Å². The molecule has 138 valence electrons. The lowest BCUT2D eigenvalue weighted by Gasteiger charge is -2.10. The smallest absolute Gasteiger partial charge is 0.243 e. The molecule has 1 aromatic rings. The molecule has 0 atom stereocenters. The Bertz CT molecular complexity index is 614. The molecule has 0 saturated carbocycles. The maximum atomic E-state index is 10.9. The highest BCUT2D eigenvalue weighted by Gasteiger charge is 2.21. The van der Waals surface area contributed by atoms with E-state index in [0.717, 1.165) is 43.3 Å². The van der Waals surface area contributed by atoms with Crippen molar-refractivity contribution < 1.29 is 23.9 Å². The lowest BCUT2D eigenvalue weighted by molar-refractivity contribution is -0.259. The van der Waals surface area contributed by atoms with Gasteiger partial charge in [-0.15, -0.1) is 0 Å². The fourth-order valence-corrected chi connectivity index (χ4v) is 2.95. The number of halogens is 1. The van der Waals surface area contributed by atoms with Gasteiger partial charge in [0, 0.05) is 23.1 Å². The lowest BCUT2D eigenvalue weighted by Crippen LogP contribution is -2.18. The number of hydrogen-bond donors (Lipinski definition) is 2. The number of amides is 1. The molecule has 0 aromatic heterocycles. The largest absolute Gasteiger partial charge is 0.496 e. The van der Waals surface area contributed by atoms with Crippen LogP contribution in [0.1, 0.15) is 37.7 Å². The summed E-state index contributed by atoms with van der Waals surface area (Å²) in [6.07, 6.45) is 5.59. The second kappa shape index (κ2) is 10.5. The molecule has 2 rings (SSSR count). The third-order valence-electron chi connectivity index (χ3n) is 3.48. The first kappa shape index (κ1) is 19.9. The Morgan fingerprint density at radius 2 is 2.20 bits per heavy atom.